The van der Waals surface area contributed by atoms with Crippen molar-refractivity contribution in [2.45, 2.75) is 26.7 Å². The summed E-state index contributed by atoms with van der Waals surface area (Å²) in [7, 11) is 1.24. The second-order valence-corrected chi connectivity index (χ2v) is 5.80. The van der Waals surface area contributed by atoms with Crippen LogP contribution >= 0.6 is 0 Å². The van der Waals surface area contributed by atoms with Crippen molar-refractivity contribution in [2.75, 3.05) is 7.11 Å². The van der Waals surface area contributed by atoms with Crippen LogP contribution in [0.15, 0.2) is 36.4 Å². The van der Waals surface area contributed by atoms with Gasteiger partial charge in [-0.05, 0) is 54.3 Å². The van der Waals surface area contributed by atoms with Gasteiger partial charge in [-0.1, -0.05) is 6.07 Å². The lowest BCUT2D eigenvalue weighted by atomic mass is 10.0. The maximum absolute atomic E-state index is 11.7. The molecule has 2 aromatic carbocycles. The number of aromatic hydroxyl groups is 1. The van der Waals surface area contributed by atoms with Gasteiger partial charge in [-0.2, -0.15) is 0 Å². The third-order valence-corrected chi connectivity index (χ3v) is 3.70. The smallest absolute Gasteiger partial charge is 0.341 e. The summed E-state index contributed by atoms with van der Waals surface area (Å²) >= 11 is 0. The highest BCUT2D eigenvalue weighted by atomic mass is 16.5. The molecule has 0 spiro atoms. The molecule has 0 aromatic heterocycles. The third-order valence-electron chi connectivity index (χ3n) is 3.70. The molecule has 0 bridgehead atoms. The van der Waals surface area contributed by atoms with Gasteiger partial charge in [0.1, 0.15) is 22.8 Å². The molecule has 0 heterocycles. The molecule has 0 atom stereocenters. The van der Waals surface area contributed by atoms with Crippen LogP contribution in [0.2, 0.25) is 0 Å². The van der Waals surface area contributed by atoms with Crippen LogP contribution in [0.5, 0.6) is 17.2 Å². The molecular weight excluding hydrogens is 352 g/mol. The number of methoxy groups -OCH3 is 1. The Morgan fingerprint density at radius 3 is 2.26 bits per heavy atom. The summed E-state index contributed by atoms with van der Waals surface area (Å²) in [5.41, 5.74) is 1.51. The predicted octanol–water partition coefficient (Wildman–Crippen LogP) is 2.81. The molecule has 0 saturated carbocycles. The lowest BCUT2D eigenvalue weighted by molar-refractivity contribution is -0.133. The van der Waals surface area contributed by atoms with Crippen molar-refractivity contribution < 1.29 is 33.7 Å². The van der Waals surface area contributed by atoms with Gasteiger partial charge in [0, 0.05) is 13.8 Å². The van der Waals surface area contributed by atoms with Crippen molar-refractivity contribution in [1.29, 1.82) is 0 Å². The molecule has 0 aliphatic carbocycles. The molecule has 7 nitrogen and oxygen atoms in total. The number of benzene rings is 2. The highest BCUT2D eigenvalue weighted by molar-refractivity contribution is 5.92. The van der Waals surface area contributed by atoms with Crippen LogP contribution in [-0.4, -0.2) is 30.1 Å². The molecule has 142 valence electrons. The second kappa shape index (κ2) is 8.84. The topological polar surface area (TPSA) is 99.1 Å². The number of hydrogen-bond donors (Lipinski definition) is 1. The quantitative estimate of drug-likeness (QED) is 0.615. The first-order valence-corrected chi connectivity index (χ1v) is 8.20. The maximum atomic E-state index is 11.7. The Labute approximate surface area is 156 Å². The van der Waals surface area contributed by atoms with E-state index in [0.717, 1.165) is 5.56 Å². The minimum atomic E-state index is -0.633. The zero-order chi connectivity index (χ0) is 20.0. The van der Waals surface area contributed by atoms with E-state index in [2.05, 4.69) is 4.74 Å². The van der Waals surface area contributed by atoms with Crippen LogP contribution in [0.4, 0.5) is 0 Å². The average molecular weight is 372 g/mol. The Morgan fingerprint density at radius 2 is 1.63 bits per heavy atom. The number of rotatable bonds is 6. The van der Waals surface area contributed by atoms with Crippen molar-refractivity contribution in [2.24, 2.45) is 0 Å². The summed E-state index contributed by atoms with van der Waals surface area (Å²) < 4.78 is 14.9. The molecular formula is C20H20O7. The fourth-order valence-corrected chi connectivity index (χ4v) is 2.53. The predicted molar refractivity (Wildman–Crippen MR) is 95.9 cm³/mol. The average Bonchev–Trinajstić information content (AvgIpc) is 2.61. The molecule has 0 fully saturated rings. The van der Waals surface area contributed by atoms with Gasteiger partial charge in [-0.3, -0.25) is 9.59 Å². The van der Waals surface area contributed by atoms with E-state index in [1.165, 1.54) is 27.0 Å². The summed E-state index contributed by atoms with van der Waals surface area (Å²) in [6.07, 6.45) is 0.936. The van der Waals surface area contributed by atoms with E-state index in [4.69, 9.17) is 9.47 Å². The second-order valence-electron chi connectivity index (χ2n) is 5.80. The molecule has 2 rings (SSSR count). The minimum absolute atomic E-state index is 0.0730. The maximum Gasteiger partial charge on any atom is 0.341 e. The van der Waals surface area contributed by atoms with Gasteiger partial charge in [-0.25, -0.2) is 4.79 Å². The van der Waals surface area contributed by atoms with Gasteiger partial charge in [0.25, 0.3) is 0 Å². The van der Waals surface area contributed by atoms with E-state index in [1.807, 2.05) is 0 Å². The van der Waals surface area contributed by atoms with E-state index < -0.39 is 17.9 Å². The summed E-state index contributed by atoms with van der Waals surface area (Å²) in [6, 6.07) is 9.38. The molecule has 1 N–H and O–H groups in total. The first kappa shape index (κ1) is 20.0. The number of aryl methyl sites for hydroxylation is 2. The summed E-state index contributed by atoms with van der Waals surface area (Å²) in [5.74, 6) is -1.01. The normalized spacial score (nSPS) is 10.2. The van der Waals surface area contributed by atoms with Crippen molar-refractivity contribution in [1.82, 2.24) is 0 Å². The van der Waals surface area contributed by atoms with E-state index in [9.17, 15) is 19.5 Å². The Morgan fingerprint density at radius 1 is 0.926 bits per heavy atom. The number of phenolic OH excluding ortho intramolecular Hbond substituents is 1. The molecule has 7 heteroatoms. The Kier molecular flexibility index (Phi) is 6.54. The SMILES string of the molecule is COC(=O)c1cc(CCc2cc(OC(C)=O)ccc2OC(C)=O)ccc1O. The van der Waals surface area contributed by atoms with Crippen molar-refractivity contribution in [3.8, 4) is 17.2 Å². The fourth-order valence-electron chi connectivity index (χ4n) is 2.53. The van der Waals surface area contributed by atoms with Crippen molar-refractivity contribution >= 4 is 17.9 Å². The van der Waals surface area contributed by atoms with E-state index in [0.29, 0.717) is 29.9 Å². The molecule has 0 saturated heterocycles. The summed E-state index contributed by atoms with van der Waals surface area (Å²) in [5, 5.41) is 9.78. The molecule has 0 aliphatic rings. The van der Waals surface area contributed by atoms with Crippen LogP contribution in [0.3, 0.4) is 0 Å². The molecule has 0 amide bonds. The highest BCUT2D eigenvalue weighted by Gasteiger charge is 2.14. The number of phenols is 1. The van der Waals surface area contributed by atoms with Crippen LogP contribution in [0.1, 0.15) is 35.3 Å². The van der Waals surface area contributed by atoms with Gasteiger partial charge < -0.3 is 19.3 Å². The number of carbonyl (C=O) groups is 3. The third kappa shape index (κ3) is 5.57. The standard InChI is InChI=1S/C20H20O7/c1-12(21)26-16-7-9-19(27-13(2)22)15(11-16)6-4-14-5-8-18(23)17(10-14)20(24)25-3/h5,7-11,23H,4,6H2,1-3H3. The van der Waals surface area contributed by atoms with Crippen molar-refractivity contribution in [3.63, 3.8) is 0 Å². The zero-order valence-electron chi connectivity index (χ0n) is 15.3. The van der Waals surface area contributed by atoms with E-state index in [1.54, 1.807) is 30.3 Å². The van der Waals surface area contributed by atoms with Gasteiger partial charge in [0.05, 0.1) is 7.11 Å². The molecule has 0 radical (unpaired) electrons. The van der Waals surface area contributed by atoms with Gasteiger partial charge in [-0.15, -0.1) is 0 Å². The van der Waals surface area contributed by atoms with Gasteiger partial charge >= 0.3 is 17.9 Å². The first-order chi connectivity index (χ1) is 12.8. The molecule has 0 unspecified atom stereocenters. The summed E-state index contributed by atoms with van der Waals surface area (Å²) in [4.78, 5) is 34.2. The van der Waals surface area contributed by atoms with E-state index in [-0.39, 0.29) is 11.3 Å². The first-order valence-electron chi connectivity index (χ1n) is 8.20. The fraction of sp³-hybridized carbons (Fsp3) is 0.250. The Hall–Kier alpha value is -3.35. The van der Waals surface area contributed by atoms with Gasteiger partial charge in [0.15, 0.2) is 0 Å². The number of esters is 3. The highest BCUT2D eigenvalue weighted by Crippen LogP contribution is 2.27. The Balaban J connectivity index is 2.26. The van der Waals surface area contributed by atoms with Crippen LogP contribution < -0.4 is 9.47 Å². The van der Waals surface area contributed by atoms with Crippen LogP contribution in [0, 0.1) is 0 Å². The number of hydrogen-bond acceptors (Lipinski definition) is 7. The minimum Gasteiger partial charge on any atom is -0.507 e. The molecule has 2 aromatic rings. The number of carbonyl (C=O) groups excluding carboxylic acids is 3. The molecule has 0 aliphatic heterocycles. The van der Waals surface area contributed by atoms with Crippen molar-refractivity contribution in [3.05, 3.63) is 53.1 Å². The molecule has 27 heavy (non-hydrogen) atoms. The van der Waals surface area contributed by atoms with E-state index >= 15 is 0 Å². The lowest BCUT2D eigenvalue weighted by Gasteiger charge is -2.12. The Bertz CT molecular complexity index is 871. The largest absolute Gasteiger partial charge is 0.507 e. The zero-order valence-corrected chi connectivity index (χ0v) is 15.3. The van der Waals surface area contributed by atoms with Gasteiger partial charge in [0.2, 0.25) is 0 Å². The number of ether oxygens (including phenoxy) is 3. The monoisotopic (exact) mass is 372 g/mol. The van der Waals surface area contributed by atoms with Crippen LogP contribution in [-0.2, 0) is 27.2 Å². The van der Waals surface area contributed by atoms with Crippen LogP contribution in [0.25, 0.3) is 0 Å². The summed E-state index contributed by atoms with van der Waals surface area (Å²) in [6.45, 7) is 2.59. The lowest BCUT2D eigenvalue weighted by Crippen LogP contribution is -2.07.